The van der Waals surface area contributed by atoms with Gasteiger partial charge in [-0.15, -0.1) is 12.4 Å². The monoisotopic (exact) mass is 350 g/mol. The zero-order valence-corrected chi connectivity index (χ0v) is 14.5. The van der Waals surface area contributed by atoms with E-state index < -0.39 is 0 Å². The Labute approximate surface area is 147 Å². The van der Waals surface area contributed by atoms with Crippen molar-refractivity contribution in [1.29, 1.82) is 0 Å². The fourth-order valence-corrected chi connectivity index (χ4v) is 2.77. The number of nitrogens with zero attached hydrogens (tertiary/aromatic N) is 2. The molecule has 0 aliphatic carbocycles. The molecule has 1 aromatic carbocycles. The van der Waals surface area contributed by atoms with Gasteiger partial charge in [0.2, 0.25) is 11.8 Å². The van der Waals surface area contributed by atoms with Gasteiger partial charge in [0.05, 0.1) is 12.5 Å². The van der Waals surface area contributed by atoms with Crippen molar-refractivity contribution >= 4 is 18.3 Å². The molecule has 7 heteroatoms. The molecule has 1 aliphatic heterocycles. The molecule has 130 valence electrons. The predicted octanol–water partition coefficient (Wildman–Crippen LogP) is 2.26. The molecule has 0 spiro atoms. The van der Waals surface area contributed by atoms with E-state index in [1.165, 1.54) is 0 Å². The van der Waals surface area contributed by atoms with Crippen LogP contribution in [0.3, 0.4) is 0 Å². The minimum Gasteiger partial charge on any atom is -0.346 e. The van der Waals surface area contributed by atoms with Crippen molar-refractivity contribution in [2.75, 3.05) is 13.1 Å². The summed E-state index contributed by atoms with van der Waals surface area (Å²) in [7, 11) is 0. The molecule has 2 heterocycles. The van der Waals surface area contributed by atoms with Crippen LogP contribution in [0.1, 0.15) is 43.1 Å². The van der Waals surface area contributed by atoms with Crippen LogP contribution >= 0.6 is 12.4 Å². The lowest BCUT2D eigenvalue weighted by Gasteiger charge is -2.23. The Morgan fingerprint density at radius 2 is 2.04 bits per heavy atom. The van der Waals surface area contributed by atoms with Gasteiger partial charge >= 0.3 is 0 Å². The number of hydrogen-bond acceptors (Lipinski definition) is 5. The third-order valence-corrected chi connectivity index (χ3v) is 4.14. The number of hydrogen-bond donors (Lipinski definition) is 2. The molecule has 1 fully saturated rings. The van der Waals surface area contributed by atoms with Crippen molar-refractivity contribution in [3.63, 3.8) is 0 Å². The van der Waals surface area contributed by atoms with Gasteiger partial charge in [-0.25, -0.2) is 0 Å². The molecular formula is C17H23ClN4O2. The first kappa shape index (κ1) is 18.4. The Morgan fingerprint density at radius 1 is 1.33 bits per heavy atom. The largest absolute Gasteiger partial charge is 0.346 e. The predicted molar refractivity (Wildman–Crippen MR) is 92.9 cm³/mol. The highest BCUT2D eigenvalue weighted by Gasteiger charge is 2.24. The van der Waals surface area contributed by atoms with Gasteiger partial charge in [-0.1, -0.05) is 35.5 Å². The lowest BCUT2D eigenvalue weighted by molar-refractivity contribution is -0.126. The number of amides is 1. The van der Waals surface area contributed by atoms with Crippen LogP contribution in [-0.4, -0.2) is 29.1 Å². The number of piperidine rings is 1. The lowest BCUT2D eigenvalue weighted by Crippen LogP contribution is -2.39. The molecule has 2 N–H and O–H groups in total. The number of rotatable bonds is 5. The quantitative estimate of drug-likeness (QED) is 0.864. The second kappa shape index (κ2) is 8.80. The molecule has 3 rings (SSSR count). The lowest BCUT2D eigenvalue weighted by atomic mass is 9.97. The molecule has 1 aliphatic rings. The molecule has 2 aromatic rings. The van der Waals surface area contributed by atoms with E-state index in [1.807, 2.05) is 37.3 Å². The number of benzene rings is 1. The summed E-state index contributed by atoms with van der Waals surface area (Å²) >= 11 is 0. The van der Waals surface area contributed by atoms with E-state index in [4.69, 9.17) is 4.52 Å². The van der Waals surface area contributed by atoms with E-state index in [-0.39, 0.29) is 30.3 Å². The summed E-state index contributed by atoms with van der Waals surface area (Å²) in [6, 6.07) is 9.73. The molecule has 1 unspecified atom stereocenters. The van der Waals surface area contributed by atoms with Crippen LogP contribution in [0.5, 0.6) is 0 Å². The highest BCUT2D eigenvalue weighted by atomic mass is 35.5. The van der Waals surface area contributed by atoms with Crippen LogP contribution in [0, 0.1) is 5.92 Å². The van der Waals surface area contributed by atoms with Gasteiger partial charge in [-0.2, -0.15) is 4.98 Å². The minimum absolute atomic E-state index is 0. The average Bonchev–Trinajstić information content (AvgIpc) is 3.05. The van der Waals surface area contributed by atoms with E-state index in [9.17, 15) is 4.79 Å². The van der Waals surface area contributed by atoms with Crippen molar-refractivity contribution < 1.29 is 9.32 Å². The second-order valence-electron chi connectivity index (χ2n) is 5.96. The first-order valence-corrected chi connectivity index (χ1v) is 8.10. The first-order chi connectivity index (χ1) is 11.2. The highest BCUT2D eigenvalue weighted by molar-refractivity contribution is 5.85. The highest BCUT2D eigenvalue weighted by Crippen LogP contribution is 2.16. The van der Waals surface area contributed by atoms with E-state index in [2.05, 4.69) is 20.8 Å². The molecule has 1 atom stereocenters. The maximum atomic E-state index is 12.3. The Kier molecular flexibility index (Phi) is 6.75. The molecule has 1 amide bonds. The number of halogens is 1. The first-order valence-electron chi connectivity index (χ1n) is 8.10. The number of carbonyl (C=O) groups is 1. The smallest absolute Gasteiger partial charge is 0.231 e. The maximum absolute atomic E-state index is 12.3. The molecule has 1 aromatic heterocycles. The van der Waals surface area contributed by atoms with Crippen molar-refractivity contribution in [3.8, 4) is 0 Å². The van der Waals surface area contributed by atoms with Gasteiger partial charge < -0.3 is 15.2 Å². The average molecular weight is 351 g/mol. The molecule has 6 nitrogen and oxygen atoms in total. The van der Waals surface area contributed by atoms with Crippen LogP contribution in [0.2, 0.25) is 0 Å². The van der Waals surface area contributed by atoms with E-state index in [0.717, 1.165) is 31.5 Å². The molecule has 1 saturated heterocycles. The van der Waals surface area contributed by atoms with Crippen molar-refractivity contribution in [3.05, 3.63) is 47.6 Å². The van der Waals surface area contributed by atoms with E-state index >= 15 is 0 Å². The summed E-state index contributed by atoms with van der Waals surface area (Å²) in [6.07, 6.45) is 2.36. The van der Waals surface area contributed by atoms with E-state index in [0.29, 0.717) is 18.1 Å². The Balaban J connectivity index is 0.00000208. The molecular weight excluding hydrogens is 328 g/mol. The van der Waals surface area contributed by atoms with Crippen LogP contribution in [0.4, 0.5) is 0 Å². The maximum Gasteiger partial charge on any atom is 0.231 e. The second-order valence-corrected chi connectivity index (χ2v) is 5.96. The van der Waals surface area contributed by atoms with Crippen molar-refractivity contribution in [2.24, 2.45) is 5.92 Å². The van der Waals surface area contributed by atoms with Crippen LogP contribution < -0.4 is 10.6 Å². The third-order valence-electron chi connectivity index (χ3n) is 4.14. The minimum atomic E-state index is -0.245. The van der Waals surface area contributed by atoms with Crippen molar-refractivity contribution in [1.82, 2.24) is 20.8 Å². The van der Waals surface area contributed by atoms with Gasteiger partial charge in [-0.3, -0.25) is 4.79 Å². The van der Waals surface area contributed by atoms with Crippen LogP contribution in [0.25, 0.3) is 0 Å². The Bertz CT molecular complexity index is 641. The molecule has 24 heavy (non-hydrogen) atoms. The Hall–Kier alpha value is -1.92. The third kappa shape index (κ3) is 4.79. The summed E-state index contributed by atoms with van der Waals surface area (Å²) < 4.78 is 5.29. The SMILES string of the molecule is CC(NC(=O)C1CCNCC1)c1noc(Cc2ccccc2)n1.Cl. The van der Waals surface area contributed by atoms with Gasteiger partial charge in [0.25, 0.3) is 0 Å². The van der Waals surface area contributed by atoms with Gasteiger partial charge in [0, 0.05) is 5.92 Å². The normalized spacial score (nSPS) is 16.2. The van der Waals surface area contributed by atoms with Crippen LogP contribution in [-0.2, 0) is 11.2 Å². The summed E-state index contributed by atoms with van der Waals surface area (Å²) in [4.78, 5) is 16.7. The van der Waals surface area contributed by atoms with Crippen molar-refractivity contribution in [2.45, 2.75) is 32.2 Å². The fraction of sp³-hybridized carbons (Fsp3) is 0.471. The van der Waals surface area contributed by atoms with Gasteiger partial charge in [0.15, 0.2) is 5.82 Å². The standard InChI is InChI=1S/C17H22N4O2.ClH/c1-12(19-17(22)14-7-9-18-10-8-14)16-20-15(23-21-16)11-13-5-3-2-4-6-13;/h2-6,12,14,18H,7-11H2,1H3,(H,19,22);1H. The summed E-state index contributed by atoms with van der Waals surface area (Å²) in [6.45, 7) is 3.68. The molecule has 0 radical (unpaired) electrons. The number of carbonyl (C=O) groups excluding carboxylic acids is 1. The molecule has 0 saturated carbocycles. The summed E-state index contributed by atoms with van der Waals surface area (Å²) in [5.41, 5.74) is 1.12. The summed E-state index contributed by atoms with van der Waals surface area (Å²) in [5.74, 6) is 1.25. The fourth-order valence-electron chi connectivity index (χ4n) is 2.77. The Morgan fingerprint density at radius 3 is 2.75 bits per heavy atom. The van der Waals surface area contributed by atoms with Crippen LogP contribution in [0.15, 0.2) is 34.9 Å². The molecule has 0 bridgehead atoms. The zero-order chi connectivity index (χ0) is 16.1. The topological polar surface area (TPSA) is 80.0 Å². The summed E-state index contributed by atoms with van der Waals surface area (Å²) in [5, 5.41) is 10.3. The van der Waals surface area contributed by atoms with Gasteiger partial charge in [0.1, 0.15) is 0 Å². The van der Waals surface area contributed by atoms with E-state index in [1.54, 1.807) is 0 Å². The number of aromatic nitrogens is 2. The number of nitrogens with one attached hydrogen (secondary N) is 2. The van der Waals surface area contributed by atoms with Gasteiger partial charge in [-0.05, 0) is 38.4 Å². The zero-order valence-electron chi connectivity index (χ0n) is 13.7.